The fraction of sp³-hybridized carbons (Fsp3) is 0.312. The van der Waals surface area contributed by atoms with Crippen molar-refractivity contribution in [3.05, 3.63) is 58.9 Å². The SMILES string of the molecule is CC(c1ccc(Cl)cc1)N(C)CCc1ccc(N)cn1. The molecule has 0 bridgehead atoms. The highest BCUT2D eigenvalue weighted by Crippen LogP contribution is 2.20. The molecule has 1 aromatic heterocycles. The maximum absolute atomic E-state index is 5.92. The number of likely N-dealkylation sites (N-methyl/N-ethyl adjacent to an activating group) is 1. The van der Waals surface area contributed by atoms with Crippen molar-refractivity contribution in [2.24, 2.45) is 0 Å². The summed E-state index contributed by atoms with van der Waals surface area (Å²) < 4.78 is 0. The molecule has 1 unspecified atom stereocenters. The van der Waals surface area contributed by atoms with E-state index in [-0.39, 0.29) is 0 Å². The lowest BCUT2D eigenvalue weighted by molar-refractivity contribution is 0.264. The molecule has 1 atom stereocenters. The Hall–Kier alpha value is -1.58. The first-order chi connectivity index (χ1) is 9.56. The van der Waals surface area contributed by atoms with Crippen LogP contribution < -0.4 is 5.73 Å². The van der Waals surface area contributed by atoms with Crippen molar-refractivity contribution in [2.75, 3.05) is 19.3 Å². The molecule has 3 nitrogen and oxygen atoms in total. The van der Waals surface area contributed by atoms with Crippen molar-refractivity contribution < 1.29 is 0 Å². The van der Waals surface area contributed by atoms with Gasteiger partial charge in [-0.15, -0.1) is 0 Å². The third kappa shape index (κ3) is 3.95. The Morgan fingerprint density at radius 3 is 2.50 bits per heavy atom. The molecule has 4 heteroatoms. The molecule has 0 amide bonds. The summed E-state index contributed by atoms with van der Waals surface area (Å²) in [5, 5.41) is 0.773. The molecule has 0 spiro atoms. The molecule has 0 fully saturated rings. The number of anilines is 1. The largest absolute Gasteiger partial charge is 0.397 e. The summed E-state index contributed by atoms with van der Waals surface area (Å²) in [6, 6.07) is 12.2. The van der Waals surface area contributed by atoms with Gasteiger partial charge in [0, 0.05) is 29.7 Å². The Bertz CT molecular complexity index is 537. The van der Waals surface area contributed by atoms with E-state index >= 15 is 0 Å². The first kappa shape index (κ1) is 14.8. The van der Waals surface area contributed by atoms with Crippen LogP contribution in [0, 0.1) is 0 Å². The topological polar surface area (TPSA) is 42.1 Å². The second-order valence-electron chi connectivity index (χ2n) is 5.04. The fourth-order valence-electron chi connectivity index (χ4n) is 2.06. The summed E-state index contributed by atoms with van der Waals surface area (Å²) in [5.74, 6) is 0. The molecular formula is C16H20ClN3. The zero-order chi connectivity index (χ0) is 14.5. The maximum Gasteiger partial charge on any atom is 0.0501 e. The average molecular weight is 290 g/mol. The van der Waals surface area contributed by atoms with Gasteiger partial charge < -0.3 is 5.73 Å². The highest BCUT2D eigenvalue weighted by atomic mass is 35.5. The van der Waals surface area contributed by atoms with Gasteiger partial charge in [-0.25, -0.2) is 0 Å². The minimum Gasteiger partial charge on any atom is -0.397 e. The normalized spacial score (nSPS) is 12.6. The van der Waals surface area contributed by atoms with Crippen molar-refractivity contribution in [3.63, 3.8) is 0 Å². The Kier molecular flexibility index (Phi) is 4.99. The molecule has 0 saturated heterocycles. The number of nitrogen functional groups attached to an aromatic ring is 1. The third-order valence-electron chi connectivity index (χ3n) is 3.58. The molecule has 0 aliphatic heterocycles. The van der Waals surface area contributed by atoms with Crippen LogP contribution in [-0.4, -0.2) is 23.5 Å². The number of aromatic nitrogens is 1. The standard InChI is InChI=1S/C16H20ClN3/c1-12(13-3-5-14(17)6-4-13)20(2)10-9-16-8-7-15(18)11-19-16/h3-8,11-12H,9-10,18H2,1-2H3. The van der Waals surface area contributed by atoms with E-state index in [1.165, 1.54) is 5.56 Å². The number of benzene rings is 1. The summed E-state index contributed by atoms with van der Waals surface area (Å²) in [5.41, 5.74) is 8.67. The van der Waals surface area contributed by atoms with Crippen molar-refractivity contribution in [1.29, 1.82) is 0 Å². The molecule has 0 aliphatic rings. The number of hydrogen-bond acceptors (Lipinski definition) is 3. The molecule has 106 valence electrons. The molecule has 1 aromatic carbocycles. The van der Waals surface area contributed by atoms with Crippen molar-refractivity contribution in [1.82, 2.24) is 9.88 Å². The minimum atomic E-state index is 0.348. The summed E-state index contributed by atoms with van der Waals surface area (Å²) in [6.07, 6.45) is 2.62. The number of rotatable bonds is 5. The van der Waals surface area contributed by atoms with Gasteiger partial charge in [0.1, 0.15) is 0 Å². The predicted octanol–water partition coefficient (Wildman–Crippen LogP) is 3.55. The second-order valence-corrected chi connectivity index (χ2v) is 5.48. The molecule has 20 heavy (non-hydrogen) atoms. The highest BCUT2D eigenvalue weighted by molar-refractivity contribution is 6.30. The Balaban J connectivity index is 1.92. The lowest BCUT2D eigenvalue weighted by Gasteiger charge is -2.25. The van der Waals surface area contributed by atoms with E-state index in [1.807, 2.05) is 24.3 Å². The lowest BCUT2D eigenvalue weighted by atomic mass is 10.1. The number of pyridine rings is 1. The van der Waals surface area contributed by atoms with Gasteiger partial charge in [-0.2, -0.15) is 0 Å². The zero-order valence-electron chi connectivity index (χ0n) is 11.9. The van der Waals surface area contributed by atoms with Gasteiger partial charge in [-0.3, -0.25) is 9.88 Å². The van der Waals surface area contributed by atoms with Crippen molar-refractivity contribution in [2.45, 2.75) is 19.4 Å². The Morgan fingerprint density at radius 1 is 1.20 bits per heavy atom. The van der Waals surface area contributed by atoms with Crippen LogP contribution in [0.4, 0.5) is 5.69 Å². The Labute approximate surface area is 125 Å². The summed E-state index contributed by atoms with van der Waals surface area (Å²) >= 11 is 5.92. The fourth-order valence-corrected chi connectivity index (χ4v) is 2.19. The molecule has 0 saturated carbocycles. The summed E-state index contributed by atoms with van der Waals surface area (Å²) in [6.45, 7) is 3.14. The van der Waals surface area contributed by atoms with E-state index in [4.69, 9.17) is 17.3 Å². The van der Waals surface area contributed by atoms with Gasteiger partial charge >= 0.3 is 0 Å². The van der Waals surface area contributed by atoms with Crippen LogP contribution in [0.3, 0.4) is 0 Å². The van der Waals surface area contributed by atoms with E-state index < -0.39 is 0 Å². The molecule has 2 aromatic rings. The van der Waals surface area contributed by atoms with Crippen LogP contribution in [-0.2, 0) is 6.42 Å². The first-order valence-corrected chi connectivity index (χ1v) is 7.10. The van der Waals surface area contributed by atoms with Crippen molar-refractivity contribution in [3.8, 4) is 0 Å². The van der Waals surface area contributed by atoms with E-state index in [0.29, 0.717) is 11.7 Å². The van der Waals surface area contributed by atoms with Crippen LogP contribution in [0.25, 0.3) is 0 Å². The van der Waals surface area contributed by atoms with Gasteiger partial charge in [0.2, 0.25) is 0 Å². The number of halogens is 1. The van der Waals surface area contributed by atoms with Crippen LogP contribution in [0.1, 0.15) is 24.2 Å². The number of hydrogen-bond donors (Lipinski definition) is 1. The summed E-state index contributed by atoms with van der Waals surface area (Å²) in [7, 11) is 2.12. The summed E-state index contributed by atoms with van der Waals surface area (Å²) in [4.78, 5) is 6.63. The smallest absolute Gasteiger partial charge is 0.0501 e. The number of nitrogens with zero attached hydrogens (tertiary/aromatic N) is 2. The van der Waals surface area contributed by atoms with Crippen LogP contribution in [0.5, 0.6) is 0 Å². The van der Waals surface area contributed by atoms with E-state index in [2.05, 4.69) is 36.0 Å². The Morgan fingerprint density at radius 2 is 1.90 bits per heavy atom. The molecule has 0 aliphatic carbocycles. The molecule has 1 heterocycles. The maximum atomic E-state index is 5.92. The predicted molar refractivity (Wildman–Crippen MR) is 84.9 cm³/mol. The van der Waals surface area contributed by atoms with Gasteiger partial charge in [0.05, 0.1) is 11.9 Å². The van der Waals surface area contributed by atoms with Gasteiger partial charge in [0.25, 0.3) is 0 Å². The molecular weight excluding hydrogens is 270 g/mol. The van der Waals surface area contributed by atoms with Gasteiger partial charge in [-0.05, 0) is 43.8 Å². The lowest BCUT2D eigenvalue weighted by Crippen LogP contribution is -2.25. The first-order valence-electron chi connectivity index (χ1n) is 6.72. The van der Waals surface area contributed by atoms with E-state index in [1.54, 1.807) is 6.20 Å². The van der Waals surface area contributed by atoms with Crippen LogP contribution >= 0.6 is 11.6 Å². The quantitative estimate of drug-likeness (QED) is 0.915. The molecule has 2 N–H and O–H groups in total. The minimum absolute atomic E-state index is 0.348. The molecule has 2 rings (SSSR count). The van der Waals surface area contributed by atoms with E-state index in [9.17, 15) is 0 Å². The van der Waals surface area contributed by atoms with Crippen molar-refractivity contribution >= 4 is 17.3 Å². The van der Waals surface area contributed by atoms with Crippen LogP contribution in [0.2, 0.25) is 5.02 Å². The highest BCUT2D eigenvalue weighted by Gasteiger charge is 2.11. The van der Waals surface area contributed by atoms with Crippen LogP contribution in [0.15, 0.2) is 42.6 Å². The van der Waals surface area contributed by atoms with Gasteiger partial charge in [0.15, 0.2) is 0 Å². The zero-order valence-corrected chi connectivity index (χ0v) is 12.6. The monoisotopic (exact) mass is 289 g/mol. The number of nitrogens with two attached hydrogens (primary N) is 1. The van der Waals surface area contributed by atoms with E-state index in [0.717, 1.165) is 23.7 Å². The second kappa shape index (κ2) is 6.73. The third-order valence-corrected chi connectivity index (χ3v) is 3.83. The van der Waals surface area contributed by atoms with Gasteiger partial charge in [-0.1, -0.05) is 23.7 Å². The average Bonchev–Trinajstić information content (AvgIpc) is 2.46. The molecule has 0 radical (unpaired) electrons.